The molecule has 0 bridgehead atoms. The van der Waals surface area contributed by atoms with Crippen molar-refractivity contribution in [2.75, 3.05) is 5.32 Å². The number of hydrogen-bond donors (Lipinski definition) is 2. The Morgan fingerprint density at radius 1 is 1.33 bits per heavy atom. The van der Waals surface area contributed by atoms with Crippen molar-refractivity contribution in [1.29, 1.82) is 0 Å². The van der Waals surface area contributed by atoms with Crippen LogP contribution in [-0.4, -0.2) is 26.4 Å². The number of nitrogens with one attached hydrogen (secondary N) is 2. The quantitative estimate of drug-likeness (QED) is 0.627. The molecule has 0 unspecified atom stereocenters. The lowest BCUT2D eigenvalue weighted by Gasteiger charge is -1.99. The summed E-state index contributed by atoms with van der Waals surface area (Å²) in [7, 11) is 0. The average molecular weight is 245 g/mol. The van der Waals surface area contributed by atoms with E-state index in [-0.39, 0.29) is 5.91 Å². The second kappa shape index (κ2) is 3.91. The van der Waals surface area contributed by atoms with Crippen LogP contribution in [0, 0.1) is 0 Å². The summed E-state index contributed by atoms with van der Waals surface area (Å²) in [4.78, 5) is 12.4. The maximum atomic E-state index is 10.9. The molecule has 0 aliphatic heterocycles. The number of fused-ring (bicyclic) bond motifs is 1. The summed E-state index contributed by atoms with van der Waals surface area (Å²) >= 11 is 0. The van der Waals surface area contributed by atoms with Gasteiger partial charge in [0, 0.05) is 29.5 Å². The van der Waals surface area contributed by atoms with Crippen LogP contribution in [-0.2, 0) is 4.79 Å². The van der Waals surface area contributed by atoms with Crippen LogP contribution < -0.4 is 10.1 Å². The molecule has 0 saturated heterocycles. The number of carbonyl (C=O) groups excluding carboxylic acids is 1. The zero-order chi connectivity index (χ0) is 12.5. The number of carbonyl (C=O) groups is 1. The third-order valence-electron chi connectivity index (χ3n) is 2.31. The lowest BCUT2D eigenvalue weighted by Crippen LogP contribution is -2.35. The highest BCUT2D eigenvalue weighted by Gasteiger charge is 2.17. The zero-order valence-corrected chi connectivity index (χ0v) is 9.41. The van der Waals surface area contributed by atoms with Crippen LogP contribution in [0.3, 0.4) is 0 Å². The fraction of sp³-hybridized carbons (Fsp3) is 0.100. The monoisotopic (exact) mass is 245 g/mol. The SMILES string of the molecule is CC(=O)Nc1ccc(-[n+]2nc3nonc3[nH]2)cc1. The molecule has 0 aliphatic rings. The molecular formula is C10H9N6O2+. The van der Waals surface area contributed by atoms with Gasteiger partial charge in [0.25, 0.3) is 11.3 Å². The van der Waals surface area contributed by atoms with Crippen LogP contribution in [0.25, 0.3) is 17.0 Å². The molecule has 18 heavy (non-hydrogen) atoms. The van der Waals surface area contributed by atoms with Gasteiger partial charge in [0.2, 0.25) is 5.91 Å². The second-order valence-electron chi connectivity index (χ2n) is 3.69. The number of rotatable bonds is 2. The minimum absolute atomic E-state index is 0.109. The molecule has 8 heteroatoms. The van der Waals surface area contributed by atoms with Gasteiger partial charge in [-0.2, -0.15) is 0 Å². The molecule has 3 rings (SSSR count). The molecule has 0 fully saturated rings. The standard InChI is InChI=1S/C10H8N6O2/c1-6(17)11-7-2-4-8(5-3-7)16-12-9-10(13-16)15-18-14-9/h2-5H,1H3,(H-,11,12,13,14,15,17)/p+1. The van der Waals surface area contributed by atoms with Crippen LogP contribution in [0.5, 0.6) is 0 Å². The molecule has 0 aliphatic carbocycles. The molecular weight excluding hydrogens is 236 g/mol. The summed E-state index contributed by atoms with van der Waals surface area (Å²) in [6.45, 7) is 1.46. The van der Waals surface area contributed by atoms with Crippen molar-refractivity contribution in [1.82, 2.24) is 20.5 Å². The van der Waals surface area contributed by atoms with Gasteiger partial charge in [0.15, 0.2) is 0 Å². The Morgan fingerprint density at radius 2 is 2.11 bits per heavy atom. The van der Waals surface area contributed by atoms with Crippen molar-refractivity contribution < 1.29 is 14.2 Å². The van der Waals surface area contributed by atoms with E-state index in [4.69, 9.17) is 0 Å². The van der Waals surface area contributed by atoms with Gasteiger partial charge in [0.1, 0.15) is 0 Å². The van der Waals surface area contributed by atoms with Crippen molar-refractivity contribution in [2.24, 2.45) is 0 Å². The highest BCUT2D eigenvalue weighted by Crippen LogP contribution is 2.09. The van der Waals surface area contributed by atoms with E-state index in [1.54, 1.807) is 12.1 Å². The summed E-state index contributed by atoms with van der Waals surface area (Å²) in [6, 6.07) is 7.18. The molecule has 0 atom stereocenters. The minimum atomic E-state index is -0.109. The van der Waals surface area contributed by atoms with Crippen LogP contribution in [0.2, 0.25) is 0 Å². The highest BCUT2D eigenvalue weighted by molar-refractivity contribution is 5.88. The molecule has 90 valence electrons. The van der Waals surface area contributed by atoms with Gasteiger partial charge in [-0.3, -0.25) is 4.79 Å². The number of benzene rings is 1. The summed E-state index contributed by atoms with van der Waals surface area (Å²) < 4.78 is 4.50. The Balaban J connectivity index is 1.92. The first-order chi connectivity index (χ1) is 8.72. The third kappa shape index (κ3) is 1.79. The van der Waals surface area contributed by atoms with Crippen molar-refractivity contribution >= 4 is 22.9 Å². The van der Waals surface area contributed by atoms with Crippen LogP contribution >= 0.6 is 0 Å². The minimum Gasteiger partial charge on any atom is -0.326 e. The van der Waals surface area contributed by atoms with Gasteiger partial charge in [-0.15, -0.1) is 5.10 Å². The van der Waals surface area contributed by atoms with Crippen molar-refractivity contribution in [3.8, 4) is 5.69 Å². The van der Waals surface area contributed by atoms with Crippen LogP contribution in [0.1, 0.15) is 6.92 Å². The Kier molecular flexibility index (Phi) is 2.26. The smallest absolute Gasteiger partial charge is 0.314 e. The van der Waals surface area contributed by atoms with Gasteiger partial charge in [-0.05, 0) is 22.4 Å². The number of aromatic amines is 1. The van der Waals surface area contributed by atoms with E-state index in [1.807, 2.05) is 12.1 Å². The Hall–Kier alpha value is -2.77. The Labute approximate surface area is 101 Å². The van der Waals surface area contributed by atoms with Gasteiger partial charge >= 0.3 is 5.65 Å². The van der Waals surface area contributed by atoms with E-state index in [2.05, 4.69) is 30.5 Å². The summed E-state index contributed by atoms with van der Waals surface area (Å²) in [5.41, 5.74) is 2.40. The van der Waals surface area contributed by atoms with Crippen LogP contribution in [0.15, 0.2) is 28.9 Å². The lowest BCUT2D eigenvalue weighted by atomic mass is 10.3. The lowest BCUT2D eigenvalue weighted by molar-refractivity contribution is -0.711. The number of aromatic nitrogens is 5. The van der Waals surface area contributed by atoms with E-state index in [9.17, 15) is 4.79 Å². The molecule has 8 nitrogen and oxygen atoms in total. The van der Waals surface area contributed by atoms with Crippen molar-refractivity contribution in [2.45, 2.75) is 6.92 Å². The number of nitrogens with zero attached hydrogens (tertiary/aromatic N) is 4. The zero-order valence-electron chi connectivity index (χ0n) is 9.41. The Bertz CT molecular complexity index is 670. The van der Waals surface area contributed by atoms with Crippen molar-refractivity contribution in [3.63, 3.8) is 0 Å². The second-order valence-corrected chi connectivity index (χ2v) is 3.69. The predicted molar refractivity (Wildman–Crippen MR) is 59.8 cm³/mol. The molecule has 1 amide bonds. The molecule has 2 heterocycles. The first-order valence-corrected chi connectivity index (χ1v) is 5.21. The first kappa shape index (κ1) is 10.4. The fourth-order valence-corrected chi connectivity index (χ4v) is 1.55. The topological polar surface area (TPSA) is 101 Å². The number of amides is 1. The van der Waals surface area contributed by atoms with Gasteiger partial charge < -0.3 is 5.32 Å². The third-order valence-corrected chi connectivity index (χ3v) is 2.31. The first-order valence-electron chi connectivity index (χ1n) is 5.21. The number of H-pyrrole nitrogens is 1. The summed E-state index contributed by atoms with van der Waals surface area (Å²) in [6.07, 6.45) is 0. The maximum Gasteiger partial charge on any atom is 0.314 e. The van der Waals surface area contributed by atoms with E-state index in [0.717, 1.165) is 11.4 Å². The maximum absolute atomic E-state index is 10.9. The van der Waals surface area contributed by atoms with E-state index >= 15 is 0 Å². The largest absolute Gasteiger partial charge is 0.326 e. The van der Waals surface area contributed by atoms with Crippen molar-refractivity contribution in [3.05, 3.63) is 24.3 Å². The highest BCUT2D eigenvalue weighted by atomic mass is 16.6. The summed E-state index contributed by atoms with van der Waals surface area (Å²) in [5, 5.41) is 17.0. The van der Waals surface area contributed by atoms with E-state index in [0.29, 0.717) is 11.3 Å². The molecule has 1 aromatic carbocycles. The molecule has 2 aromatic heterocycles. The molecule has 0 radical (unpaired) electrons. The van der Waals surface area contributed by atoms with E-state index < -0.39 is 0 Å². The predicted octanol–water partition coefficient (Wildman–Crippen LogP) is 0.181. The molecule has 0 saturated carbocycles. The fourth-order valence-electron chi connectivity index (χ4n) is 1.55. The Morgan fingerprint density at radius 3 is 2.78 bits per heavy atom. The van der Waals surface area contributed by atoms with Gasteiger partial charge in [0.05, 0.1) is 5.10 Å². The van der Waals surface area contributed by atoms with Gasteiger partial charge in [-0.25, -0.2) is 4.63 Å². The average Bonchev–Trinajstić information content (AvgIpc) is 2.89. The number of anilines is 1. The molecule has 3 aromatic rings. The normalized spacial score (nSPS) is 10.7. The molecule has 2 N–H and O–H groups in total. The molecule has 0 spiro atoms. The summed E-state index contributed by atoms with van der Waals surface area (Å²) in [5.74, 6) is -0.109. The van der Waals surface area contributed by atoms with Gasteiger partial charge in [-0.1, -0.05) is 0 Å². The van der Waals surface area contributed by atoms with Crippen LogP contribution in [0.4, 0.5) is 5.69 Å². The van der Waals surface area contributed by atoms with E-state index in [1.165, 1.54) is 11.7 Å². The number of hydrogen-bond acceptors (Lipinski definition) is 5.